The van der Waals surface area contributed by atoms with Crippen LogP contribution in [0.5, 0.6) is 0 Å². The molecule has 178 valence electrons. The van der Waals surface area contributed by atoms with Crippen molar-refractivity contribution in [2.45, 2.75) is 0 Å². The van der Waals surface area contributed by atoms with Crippen molar-refractivity contribution in [2.75, 3.05) is 0 Å². The summed E-state index contributed by atoms with van der Waals surface area (Å²) in [6.07, 6.45) is 7.77. The van der Waals surface area contributed by atoms with Crippen LogP contribution in [0.25, 0.3) is 49.5 Å². The molecule has 0 aromatic heterocycles. The van der Waals surface area contributed by atoms with Crippen LogP contribution in [0.4, 0.5) is 0 Å². The highest BCUT2D eigenvalue weighted by Gasteiger charge is 2.21. The molecule has 1 aliphatic rings. The van der Waals surface area contributed by atoms with Gasteiger partial charge >= 0.3 is 0 Å². The Kier molecular flexibility index (Phi) is 5.34. The van der Waals surface area contributed by atoms with Gasteiger partial charge in [-0.3, -0.25) is 4.79 Å². The topological polar surface area (TPSA) is 17.1 Å². The second-order valence-corrected chi connectivity index (χ2v) is 9.67. The van der Waals surface area contributed by atoms with Crippen molar-refractivity contribution in [1.82, 2.24) is 0 Å². The van der Waals surface area contributed by atoms with E-state index in [1.54, 1.807) is 6.08 Å². The smallest absolute Gasteiger partial charge is 0.186 e. The Morgan fingerprint density at radius 1 is 0.526 bits per heavy atom. The van der Waals surface area contributed by atoms with Crippen molar-refractivity contribution in [3.63, 3.8) is 0 Å². The van der Waals surface area contributed by atoms with Gasteiger partial charge in [0.25, 0.3) is 0 Å². The number of carbonyl (C=O) groups is 1. The monoisotopic (exact) mass is 484 g/mol. The summed E-state index contributed by atoms with van der Waals surface area (Å²) in [6, 6.07) is 42.2. The molecule has 1 heteroatoms. The summed E-state index contributed by atoms with van der Waals surface area (Å²) in [6.45, 7) is 0. The summed E-state index contributed by atoms with van der Waals surface area (Å²) in [7, 11) is 0. The summed E-state index contributed by atoms with van der Waals surface area (Å²) >= 11 is 0. The van der Waals surface area contributed by atoms with E-state index < -0.39 is 0 Å². The standard InChI is InChI=1S/C37H24O/c38-34-24-21-29-18-20-30-19-17-28-16-15-27-13-7-8-14-32(27)35(28)37(30)36(29)33(34)23-22-31(25-9-3-1-4-10-25)26-11-5-2-6-12-26/h1-24H/b33-23-. The molecule has 0 heterocycles. The third kappa shape index (κ3) is 3.68. The van der Waals surface area contributed by atoms with E-state index in [2.05, 4.69) is 91.0 Å². The van der Waals surface area contributed by atoms with Gasteiger partial charge in [-0.2, -0.15) is 0 Å². The van der Waals surface area contributed by atoms with Crippen LogP contribution in [0, 0.1) is 0 Å². The van der Waals surface area contributed by atoms with Gasteiger partial charge in [0.2, 0.25) is 0 Å². The van der Waals surface area contributed by atoms with Gasteiger partial charge in [-0.1, -0.05) is 133 Å². The maximum Gasteiger partial charge on any atom is 0.186 e. The first-order valence-corrected chi connectivity index (χ1v) is 12.9. The molecule has 0 bridgehead atoms. The maximum absolute atomic E-state index is 13.5. The molecule has 1 aliphatic carbocycles. The maximum atomic E-state index is 13.5. The lowest BCUT2D eigenvalue weighted by Crippen LogP contribution is -2.06. The number of hydrogen-bond donors (Lipinski definition) is 0. The molecule has 0 atom stereocenters. The Labute approximate surface area is 221 Å². The summed E-state index contributed by atoms with van der Waals surface area (Å²) in [5.41, 5.74) is 6.11. The first kappa shape index (κ1) is 22.2. The van der Waals surface area contributed by atoms with Gasteiger partial charge in [-0.25, -0.2) is 0 Å². The predicted molar refractivity (Wildman–Crippen MR) is 161 cm³/mol. The van der Waals surface area contributed by atoms with Crippen molar-refractivity contribution in [3.8, 4) is 0 Å². The molecule has 0 amide bonds. The number of carbonyl (C=O) groups excluding carboxylic acids is 1. The predicted octanol–water partition coefficient (Wildman–Crippen LogP) is 9.26. The van der Waals surface area contributed by atoms with Gasteiger partial charge in [-0.05, 0) is 66.7 Å². The zero-order valence-corrected chi connectivity index (χ0v) is 20.8. The van der Waals surface area contributed by atoms with Gasteiger partial charge in [0.1, 0.15) is 0 Å². The van der Waals surface area contributed by atoms with Crippen LogP contribution < -0.4 is 0 Å². The van der Waals surface area contributed by atoms with E-state index in [1.807, 2.05) is 48.6 Å². The van der Waals surface area contributed by atoms with E-state index in [-0.39, 0.29) is 5.78 Å². The van der Waals surface area contributed by atoms with Crippen LogP contribution in [0.1, 0.15) is 22.3 Å². The average molecular weight is 485 g/mol. The zero-order chi connectivity index (χ0) is 25.5. The third-order valence-electron chi connectivity index (χ3n) is 7.46. The number of benzene rings is 6. The van der Waals surface area contributed by atoms with E-state index in [4.69, 9.17) is 0 Å². The van der Waals surface area contributed by atoms with Crippen LogP contribution in [0.15, 0.2) is 140 Å². The molecule has 0 aliphatic heterocycles. The number of allylic oxidation sites excluding steroid dienone is 4. The van der Waals surface area contributed by atoms with Crippen molar-refractivity contribution in [3.05, 3.63) is 162 Å². The van der Waals surface area contributed by atoms with Gasteiger partial charge in [-0.15, -0.1) is 0 Å². The largest absolute Gasteiger partial charge is 0.289 e. The molecule has 0 N–H and O–H groups in total. The summed E-state index contributed by atoms with van der Waals surface area (Å²) in [5, 5.41) is 7.04. The summed E-state index contributed by atoms with van der Waals surface area (Å²) < 4.78 is 0. The third-order valence-corrected chi connectivity index (χ3v) is 7.46. The van der Waals surface area contributed by atoms with E-state index in [9.17, 15) is 4.79 Å². The first-order valence-electron chi connectivity index (χ1n) is 12.9. The fourth-order valence-electron chi connectivity index (χ4n) is 5.66. The van der Waals surface area contributed by atoms with Gasteiger partial charge in [0.15, 0.2) is 5.78 Å². The Morgan fingerprint density at radius 2 is 1.11 bits per heavy atom. The van der Waals surface area contributed by atoms with Crippen LogP contribution >= 0.6 is 0 Å². The van der Waals surface area contributed by atoms with Gasteiger partial charge in [0, 0.05) is 11.1 Å². The molecule has 7 rings (SSSR count). The lowest BCUT2D eigenvalue weighted by Gasteiger charge is -2.19. The van der Waals surface area contributed by atoms with Crippen molar-refractivity contribution in [2.24, 2.45) is 0 Å². The fourth-order valence-corrected chi connectivity index (χ4v) is 5.66. The van der Waals surface area contributed by atoms with Crippen LogP contribution in [-0.4, -0.2) is 5.78 Å². The molecule has 0 fully saturated rings. The lowest BCUT2D eigenvalue weighted by molar-refractivity contribution is -0.109. The Morgan fingerprint density at radius 3 is 1.82 bits per heavy atom. The number of hydrogen-bond acceptors (Lipinski definition) is 1. The molecule has 0 radical (unpaired) electrons. The molecular weight excluding hydrogens is 460 g/mol. The Balaban J connectivity index is 1.55. The fraction of sp³-hybridized carbons (Fsp3) is 0. The van der Waals surface area contributed by atoms with E-state index in [1.165, 1.54) is 21.5 Å². The lowest BCUT2D eigenvalue weighted by atomic mass is 9.83. The van der Waals surface area contributed by atoms with Gasteiger partial charge < -0.3 is 0 Å². The summed E-state index contributed by atoms with van der Waals surface area (Å²) in [5.74, 6) is 0.0268. The van der Waals surface area contributed by atoms with Crippen molar-refractivity contribution >= 4 is 55.3 Å². The first-order chi connectivity index (χ1) is 18.8. The van der Waals surface area contributed by atoms with E-state index in [0.29, 0.717) is 0 Å². The average Bonchev–Trinajstić information content (AvgIpc) is 2.98. The highest BCUT2D eigenvalue weighted by molar-refractivity contribution is 6.35. The highest BCUT2D eigenvalue weighted by Crippen LogP contribution is 2.40. The normalized spacial score (nSPS) is 13.8. The number of ketones is 1. The zero-order valence-electron chi connectivity index (χ0n) is 20.8. The molecule has 38 heavy (non-hydrogen) atoms. The Bertz CT molecular complexity index is 1910. The Hall–Kier alpha value is -5.01. The molecule has 0 unspecified atom stereocenters. The van der Waals surface area contributed by atoms with E-state index >= 15 is 0 Å². The van der Waals surface area contributed by atoms with Crippen molar-refractivity contribution < 1.29 is 4.79 Å². The molecule has 0 saturated heterocycles. The molecule has 6 aromatic rings. The number of rotatable bonds is 3. The molecule has 6 aromatic carbocycles. The summed E-state index contributed by atoms with van der Waals surface area (Å²) in [4.78, 5) is 13.5. The second kappa shape index (κ2) is 9.14. The second-order valence-electron chi connectivity index (χ2n) is 9.67. The van der Waals surface area contributed by atoms with Gasteiger partial charge in [0.05, 0.1) is 0 Å². The molecular formula is C37H24O. The van der Waals surface area contributed by atoms with Crippen molar-refractivity contribution in [1.29, 1.82) is 0 Å². The van der Waals surface area contributed by atoms with E-state index in [0.717, 1.165) is 44.2 Å². The number of fused-ring (bicyclic) bond motifs is 7. The minimum absolute atomic E-state index is 0.0268. The van der Waals surface area contributed by atoms with Crippen LogP contribution in [0.2, 0.25) is 0 Å². The molecule has 0 spiro atoms. The molecule has 1 nitrogen and oxygen atoms in total. The molecule has 0 saturated carbocycles. The van der Waals surface area contributed by atoms with Crippen LogP contribution in [0.3, 0.4) is 0 Å². The SMILES string of the molecule is O=C1C=Cc2ccc3ccc4ccc5ccccc5c4c3c2/C1=C\C=C(c1ccccc1)c1ccccc1. The minimum Gasteiger partial charge on any atom is -0.289 e. The highest BCUT2D eigenvalue weighted by atomic mass is 16.1. The minimum atomic E-state index is 0.0268. The van der Waals surface area contributed by atoms with Crippen LogP contribution in [-0.2, 0) is 4.79 Å². The quantitative estimate of drug-likeness (QED) is 0.181.